The fourth-order valence-electron chi connectivity index (χ4n) is 4.95. The summed E-state index contributed by atoms with van der Waals surface area (Å²) in [5.74, 6) is 0.0914. The van der Waals surface area contributed by atoms with Crippen molar-refractivity contribution in [3.05, 3.63) is 95.5 Å². The van der Waals surface area contributed by atoms with Crippen LogP contribution in [0.5, 0.6) is 0 Å². The van der Waals surface area contributed by atoms with Gasteiger partial charge >= 0.3 is 0 Å². The molecule has 198 valence electrons. The highest BCUT2D eigenvalue weighted by atomic mass is 35.5. The van der Waals surface area contributed by atoms with Crippen molar-refractivity contribution >= 4 is 45.3 Å². The topological polar surface area (TPSA) is 134 Å². The number of nitrogens with zero attached hydrogens (tertiary/aromatic N) is 4. The van der Waals surface area contributed by atoms with Crippen molar-refractivity contribution < 1.29 is 19.7 Å². The quantitative estimate of drug-likeness (QED) is 0.245. The Labute approximate surface area is 228 Å². The van der Waals surface area contributed by atoms with Crippen LogP contribution in [0.15, 0.2) is 79.4 Å². The molecule has 0 aliphatic carbocycles. The second-order valence-corrected chi connectivity index (χ2v) is 9.72. The summed E-state index contributed by atoms with van der Waals surface area (Å²) in [6.07, 6.45) is -0.0289. The second kappa shape index (κ2) is 10.6. The molecule has 0 spiro atoms. The first kappa shape index (κ1) is 25.2. The third-order valence-corrected chi connectivity index (χ3v) is 7.13. The Balaban J connectivity index is 1.29. The number of hydrogen-bond acceptors (Lipinski definition) is 8. The van der Waals surface area contributed by atoms with Crippen LogP contribution in [-0.4, -0.2) is 60.5 Å². The Morgan fingerprint density at radius 1 is 1.05 bits per heavy atom. The Kier molecular flexibility index (Phi) is 6.84. The largest absolute Gasteiger partial charge is 0.394 e. The summed E-state index contributed by atoms with van der Waals surface area (Å²) >= 11 is 6.04. The van der Waals surface area contributed by atoms with Gasteiger partial charge in [-0.15, -0.1) is 0 Å². The van der Waals surface area contributed by atoms with Crippen molar-refractivity contribution in [3.8, 4) is 0 Å². The molecule has 2 aromatic heterocycles. The maximum atomic E-state index is 13.0. The number of amides is 1. The molecule has 0 unspecified atom stereocenters. The minimum Gasteiger partial charge on any atom is -0.394 e. The lowest BCUT2D eigenvalue weighted by Crippen LogP contribution is -2.46. The van der Waals surface area contributed by atoms with E-state index >= 15 is 0 Å². The molecule has 0 saturated carbocycles. The van der Waals surface area contributed by atoms with Gasteiger partial charge in [0, 0.05) is 17.1 Å². The van der Waals surface area contributed by atoms with Crippen molar-refractivity contribution in [2.45, 2.75) is 31.0 Å². The molecule has 1 amide bonds. The van der Waals surface area contributed by atoms with Gasteiger partial charge in [0.15, 0.2) is 23.2 Å². The number of anilines is 1. The summed E-state index contributed by atoms with van der Waals surface area (Å²) in [6, 6.07) is 19.9. The molecule has 39 heavy (non-hydrogen) atoms. The van der Waals surface area contributed by atoms with Crippen LogP contribution in [0.1, 0.15) is 22.1 Å². The van der Waals surface area contributed by atoms with E-state index in [9.17, 15) is 15.0 Å². The normalized spacial score (nSPS) is 20.9. The first-order valence-electron chi connectivity index (χ1n) is 12.4. The highest BCUT2D eigenvalue weighted by Gasteiger charge is 2.46. The van der Waals surface area contributed by atoms with Crippen molar-refractivity contribution in [2.75, 3.05) is 11.9 Å². The number of aliphatic hydroxyl groups is 2. The van der Waals surface area contributed by atoms with Gasteiger partial charge in [-0.3, -0.25) is 9.36 Å². The Morgan fingerprint density at radius 2 is 1.87 bits per heavy atom. The van der Waals surface area contributed by atoms with Gasteiger partial charge in [-0.25, -0.2) is 15.0 Å². The first-order chi connectivity index (χ1) is 19.0. The van der Waals surface area contributed by atoms with Gasteiger partial charge in [0.1, 0.15) is 24.6 Å². The Hall–Kier alpha value is -4.09. The third kappa shape index (κ3) is 4.79. The van der Waals surface area contributed by atoms with E-state index < -0.39 is 37.0 Å². The second-order valence-electron chi connectivity index (χ2n) is 9.29. The number of ether oxygens (including phenoxy) is 1. The average molecular weight is 545 g/mol. The van der Waals surface area contributed by atoms with Gasteiger partial charge in [0.05, 0.1) is 12.9 Å². The number of carbonyl (C=O) groups is 1. The molecule has 0 radical (unpaired) electrons. The third-order valence-electron chi connectivity index (χ3n) is 6.89. The van der Waals surface area contributed by atoms with Gasteiger partial charge in [0.25, 0.3) is 5.91 Å². The van der Waals surface area contributed by atoms with Crippen LogP contribution in [0.4, 0.5) is 5.82 Å². The fraction of sp³-hybridized carbons (Fsp3) is 0.214. The summed E-state index contributed by atoms with van der Waals surface area (Å²) in [4.78, 5) is 26.3. The molecule has 1 aliphatic rings. The number of rotatable bonds is 7. The van der Waals surface area contributed by atoms with E-state index in [1.807, 2.05) is 18.2 Å². The zero-order chi connectivity index (χ0) is 26.9. The van der Waals surface area contributed by atoms with E-state index in [1.165, 1.54) is 18.7 Å². The number of fused-ring (bicyclic) bond motifs is 2. The van der Waals surface area contributed by atoms with Gasteiger partial charge in [-0.2, -0.15) is 0 Å². The van der Waals surface area contributed by atoms with Crippen molar-refractivity contribution in [2.24, 2.45) is 0 Å². The van der Waals surface area contributed by atoms with Gasteiger partial charge < -0.3 is 25.6 Å². The fourth-order valence-corrected chi connectivity index (χ4v) is 5.14. The molecule has 4 N–H and O–H groups in total. The molecule has 0 bridgehead atoms. The maximum absolute atomic E-state index is 13.0. The van der Waals surface area contributed by atoms with E-state index in [0.29, 0.717) is 34.1 Å². The zero-order valence-corrected chi connectivity index (χ0v) is 21.4. The van der Waals surface area contributed by atoms with Gasteiger partial charge in [-0.05, 0) is 34.5 Å². The summed E-state index contributed by atoms with van der Waals surface area (Å²) in [6.45, 7) is 0.0878. The van der Waals surface area contributed by atoms with Crippen LogP contribution in [0.25, 0.3) is 21.9 Å². The molecule has 4 atom stereocenters. The van der Waals surface area contributed by atoms with E-state index in [1.54, 1.807) is 22.8 Å². The summed E-state index contributed by atoms with van der Waals surface area (Å²) in [5, 5.41) is 29.6. The monoisotopic (exact) mass is 544 g/mol. The van der Waals surface area contributed by atoms with E-state index in [0.717, 1.165) is 16.3 Å². The smallest absolute Gasteiger partial charge is 0.251 e. The van der Waals surface area contributed by atoms with Crippen LogP contribution < -0.4 is 10.6 Å². The molecule has 3 aromatic carbocycles. The predicted octanol–water partition coefficient (Wildman–Crippen LogP) is 3.29. The van der Waals surface area contributed by atoms with Crippen LogP contribution in [0.3, 0.4) is 0 Å². The van der Waals surface area contributed by atoms with Crippen LogP contribution in [0, 0.1) is 0 Å². The van der Waals surface area contributed by atoms with Crippen LogP contribution >= 0.6 is 11.6 Å². The van der Waals surface area contributed by atoms with E-state index in [-0.39, 0.29) is 0 Å². The lowest BCUT2D eigenvalue weighted by Gasteiger charge is -2.23. The average Bonchev–Trinajstić information content (AvgIpc) is 3.52. The maximum Gasteiger partial charge on any atom is 0.251 e. The lowest BCUT2D eigenvalue weighted by atomic mass is 10.0. The van der Waals surface area contributed by atoms with Crippen LogP contribution in [-0.2, 0) is 11.3 Å². The highest BCUT2D eigenvalue weighted by Crippen LogP contribution is 2.33. The molecule has 1 saturated heterocycles. The molecular weight excluding hydrogens is 520 g/mol. The molecule has 3 heterocycles. The van der Waals surface area contributed by atoms with Gasteiger partial charge in [-0.1, -0.05) is 60.1 Å². The first-order valence-corrected chi connectivity index (χ1v) is 12.8. The number of imidazole rings is 1. The lowest BCUT2D eigenvalue weighted by molar-refractivity contribution is -0.0440. The SMILES string of the molecule is O=C(N[C@@H]1[C@H](O)[C@@H](CO)O[C@H]1n1cnc2c(NCc3cccc4ccccc34)ncnc21)c1cccc(Cl)c1. The number of benzene rings is 3. The van der Waals surface area contributed by atoms with Gasteiger partial charge in [0.2, 0.25) is 0 Å². The number of aromatic nitrogens is 4. The Morgan fingerprint density at radius 3 is 2.72 bits per heavy atom. The minimum atomic E-state index is -1.17. The van der Waals surface area contributed by atoms with E-state index in [2.05, 4.69) is 49.9 Å². The van der Waals surface area contributed by atoms with Crippen molar-refractivity contribution in [1.82, 2.24) is 24.8 Å². The summed E-state index contributed by atoms with van der Waals surface area (Å²) < 4.78 is 7.59. The van der Waals surface area contributed by atoms with Crippen LogP contribution in [0.2, 0.25) is 5.02 Å². The minimum absolute atomic E-state index is 0.332. The molecule has 6 rings (SSSR count). The van der Waals surface area contributed by atoms with Crippen molar-refractivity contribution in [1.29, 1.82) is 0 Å². The molecule has 11 heteroatoms. The molecular formula is C28H25ClN6O4. The number of nitrogens with one attached hydrogen (secondary N) is 2. The number of halogens is 1. The Bertz CT molecular complexity index is 1650. The number of aliphatic hydroxyl groups excluding tert-OH is 2. The highest BCUT2D eigenvalue weighted by molar-refractivity contribution is 6.31. The molecule has 1 fully saturated rings. The predicted molar refractivity (Wildman–Crippen MR) is 146 cm³/mol. The molecule has 5 aromatic rings. The summed E-state index contributed by atoms with van der Waals surface area (Å²) in [5.41, 5.74) is 2.39. The van der Waals surface area contributed by atoms with E-state index in [4.69, 9.17) is 16.3 Å². The molecule has 10 nitrogen and oxygen atoms in total. The standard InChI is InChI=1S/C28H25ClN6O4/c29-19-9-4-7-17(11-19)27(38)34-22-24(37)21(13-36)39-28(22)35-15-33-23-25(31-14-32-26(23)35)30-12-18-8-3-6-16-5-1-2-10-20(16)18/h1-11,14-15,21-22,24,28,36-37H,12-13H2,(H,34,38)(H,30,31,32)/t21-,22-,24-,28-/m1/s1. The van der Waals surface area contributed by atoms with Crippen molar-refractivity contribution in [3.63, 3.8) is 0 Å². The zero-order valence-electron chi connectivity index (χ0n) is 20.6. The summed E-state index contributed by atoms with van der Waals surface area (Å²) in [7, 11) is 0. The molecule has 1 aliphatic heterocycles. The number of hydrogen-bond donors (Lipinski definition) is 4. The number of carbonyl (C=O) groups excluding carboxylic acids is 1.